The summed E-state index contributed by atoms with van der Waals surface area (Å²) in [7, 11) is 0. The van der Waals surface area contributed by atoms with Gasteiger partial charge in [-0.25, -0.2) is 0 Å². The second kappa shape index (κ2) is 6.27. The Labute approximate surface area is 84.2 Å². The topological polar surface area (TPSA) is 32.3 Å². The molecule has 0 aromatic heterocycles. The van der Waals surface area contributed by atoms with E-state index < -0.39 is 0 Å². The summed E-state index contributed by atoms with van der Waals surface area (Å²) in [5.74, 6) is 1.34. The van der Waals surface area contributed by atoms with E-state index in [9.17, 15) is 4.79 Å². The van der Waals surface area contributed by atoms with Crippen LogP contribution in [0.25, 0.3) is 0 Å². The second-order valence-corrected chi connectivity index (χ2v) is 4.24. The number of hydrogen-bond donors (Lipinski definition) is 1. The van der Waals surface area contributed by atoms with Gasteiger partial charge in [-0.15, -0.1) is 0 Å². The Bertz CT molecular complexity index is 158. The van der Waals surface area contributed by atoms with Gasteiger partial charge in [-0.2, -0.15) is 11.8 Å². The fourth-order valence-electron chi connectivity index (χ4n) is 1.45. The molecule has 0 aliphatic carbocycles. The fourth-order valence-corrected chi connectivity index (χ4v) is 1.80. The van der Waals surface area contributed by atoms with Crippen LogP contribution in [0.2, 0.25) is 0 Å². The van der Waals surface area contributed by atoms with Crippen molar-refractivity contribution in [2.24, 2.45) is 0 Å². The number of rotatable bonds is 5. The third-order valence-corrected chi connectivity index (χ3v) is 2.83. The van der Waals surface area contributed by atoms with E-state index in [1.54, 1.807) is 11.8 Å². The van der Waals surface area contributed by atoms with Crippen molar-refractivity contribution >= 4 is 17.7 Å². The molecule has 0 saturated carbocycles. The maximum atomic E-state index is 11.5. The number of nitrogens with one attached hydrogen (secondary N) is 1. The highest BCUT2D eigenvalue weighted by atomic mass is 32.2. The summed E-state index contributed by atoms with van der Waals surface area (Å²) in [5.41, 5.74) is 0. The molecule has 1 aliphatic rings. The van der Waals surface area contributed by atoms with Gasteiger partial charge in [0.1, 0.15) is 0 Å². The van der Waals surface area contributed by atoms with Crippen LogP contribution < -0.4 is 5.32 Å². The Kier molecular flexibility index (Phi) is 5.23. The molecule has 1 saturated heterocycles. The number of hydrogen-bond acceptors (Lipinski definition) is 3. The van der Waals surface area contributed by atoms with Gasteiger partial charge in [0.2, 0.25) is 5.91 Å². The van der Waals surface area contributed by atoms with Gasteiger partial charge in [0.05, 0.1) is 6.54 Å². The van der Waals surface area contributed by atoms with Crippen LogP contribution in [0.1, 0.15) is 12.8 Å². The normalized spacial score (nSPS) is 16.5. The zero-order chi connectivity index (χ0) is 9.52. The van der Waals surface area contributed by atoms with E-state index >= 15 is 0 Å². The summed E-state index contributed by atoms with van der Waals surface area (Å²) in [6, 6.07) is 0. The second-order valence-electron chi connectivity index (χ2n) is 3.26. The quantitative estimate of drug-likeness (QED) is 0.661. The molecule has 0 aromatic carbocycles. The van der Waals surface area contributed by atoms with Gasteiger partial charge in [-0.1, -0.05) is 0 Å². The van der Waals surface area contributed by atoms with Gasteiger partial charge < -0.3 is 10.2 Å². The molecule has 0 aromatic rings. The van der Waals surface area contributed by atoms with Crippen LogP contribution in [-0.4, -0.2) is 49.0 Å². The Morgan fingerprint density at radius 3 is 2.77 bits per heavy atom. The highest BCUT2D eigenvalue weighted by Gasteiger charge is 2.16. The fraction of sp³-hybridized carbons (Fsp3) is 0.889. The van der Waals surface area contributed by atoms with E-state index in [2.05, 4.69) is 11.6 Å². The molecule has 0 spiro atoms. The van der Waals surface area contributed by atoms with Crippen molar-refractivity contribution in [2.75, 3.05) is 38.2 Å². The zero-order valence-electron chi connectivity index (χ0n) is 8.21. The molecule has 1 N–H and O–H groups in total. The lowest BCUT2D eigenvalue weighted by molar-refractivity contribution is -0.129. The van der Waals surface area contributed by atoms with Crippen molar-refractivity contribution in [2.45, 2.75) is 12.8 Å². The number of thioether (sulfide) groups is 1. The average molecular weight is 202 g/mol. The average Bonchev–Trinajstić information content (AvgIpc) is 2.65. The Morgan fingerprint density at radius 2 is 2.15 bits per heavy atom. The molecule has 0 unspecified atom stereocenters. The standard InChI is InChI=1S/C9H18N2OS/c1-13-7-4-10-8-9(12)11-5-2-3-6-11/h10H,2-8H2,1H3. The molecule has 76 valence electrons. The lowest BCUT2D eigenvalue weighted by Crippen LogP contribution is -2.36. The van der Waals surface area contributed by atoms with Crippen LogP contribution in [0.5, 0.6) is 0 Å². The minimum atomic E-state index is 0.263. The number of amides is 1. The third-order valence-electron chi connectivity index (χ3n) is 2.22. The van der Waals surface area contributed by atoms with Crippen molar-refractivity contribution in [3.63, 3.8) is 0 Å². The van der Waals surface area contributed by atoms with Crippen molar-refractivity contribution in [3.05, 3.63) is 0 Å². The molecule has 1 amide bonds. The highest BCUT2D eigenvalue weighted by Crippen LogP contribution is 2.06. The summed E-state index contributed by atoms with van der Waals surface area (Å²) in [6.45, 7) is 3.37. The monoisotopic (exact) mass is 202 g/mol. The summed E-state index contributed by atoms with van der Waals surface area (Å²) in [5, 5.41) is 3.15. The molecular weight excluding hydrogens is 184 g/mol. The molecule has 0 radical (unpaired) electrons. The lowest BCUT2D eigenvalue weighted by Gasteiger charge is -2.15. The SMILES string of the molecule is CSCCNCC(=O)N1CCCC1. The van der Waals surface area contributed by atoms with Crippen LogP contribution >= 0.6 is 11.8 Å². The molecular formula is C9H18N2OS. The van der Waals surface area contributed by atoms with Crippen LogP contribution in [0.15, 0.2) is 0 Å². The molecule has 3 nitrogen and oxygen atoms in total. The Hall–Kier alpha value is -0.220. The van der Waals surface area contributed by atoms with Gasteiger partial charge in [0, 0.05) is 25.4 Å². The first-order valence-electron chi connectivity index (χ1n) is 4.82. The van der Waals surface area contributed by atoms with Crippen molar-refractivity contribution in [3.8, 4) is 0 Å². The first kappa shape index (κ1) is 10.9. The number of likely N-dealkylation sites (tertiary alicyclic amines) is 1. The molecule has 1 heterocycles. The van der Waals surface area contributed by atoms with E-state index in [4.69, 9.17) is 0 Å². The predicted octanol–water partition coefficient (Wildman–Crippen LogP) is 0.561. The van der Waals surface area contributed by atoms with Gasteiger partial charge in [0.15, 0.2) is 0 Å². The molecule has 1 rings (SSSR count). The van der Waals surface area contributed by atoms with Crippen molar-refractivity contribution in [1.29, 1.82) is 0 Å². The minimum absolute atomic E-state index is 0.263. The van der Waals surface area contributed by atoms with Gasteiger partial charge in [0.25, 0.3) is 0 Å². The summed E-state index contributed by atoms with van der Waals surface area (Å²) >= 11 is 1.80. The van der Waals surface area contributed by atoms with Crippen molar-refractivity contribution in [1.82, 2.24) is 10.2 Å². The third kappa shape index (κ3) is 4.00. The van der Waals surface area contributed by atoms with E-state index in [-0.39, 0.29) is 5.91 Å². The summed E-state index contributed by atoms with van der Waals surface area (Å²) < 4.78 is 0. The Morgan fingerprint density at radius 1 is 1.46 bits per heavy atom. The minimum Gasteiger partial charge on any atom is -0.342 e. The number of nitrogens with zero attached hydrogens (tertiary/aromatic N) is 1. The van der Waals surface area contributed by atoms with Gasteiger partial charge in [-0.05, 0) is 19.1 Å². The predicted molar refractivity (Wildman–Crippen MR) is 57.1 cm³/mol. The molecule has 0 atom stereocenters. The molecule has 0 bridgehead atoms. The van der Waals surface area contributed by atoms with Gasteiger partial charge >= 0.3 is 0 Å². The van der Waals surface area contributed by atoms with Crippen LogP contribution in [0, 0.1) is 0 Å². The summed E-state index contributed by atoms with van der Waals surface area (Å²) in [4.78, 5) is 13.4. The first-order chi connectivity index (χ1) is 6.34. The molecule has 1 fully saturated rings. The van der Waals surface area contributed by atoms with E-state index in [1.807, 2.05) is 4.90 Å². The van der Waals surface area contributed by atoms with Crippen LogP contribution in [-0.2, 0) is 4.79 Å². The zero-order valence-corrected chi connectivity index (χ0v) is 9.03. The van der Waals surface area contributed by atoms with Crippen LogP contribution in [0.4, 0.5) is 0 Å². The van der Waals surface area contributed by atoms with Crippen LogP contribution in [0.3, 0.4) is 0 Å². The smallest absolute Gasteiger partial charge is 0.236 e. The maximum absolute atomic E-state index is 11.5. The summed E-state index contributed by atoms with van der Waals surface area (Å²) in [6.07, 6.45) is 4.43. The number of carbonyl (C=O) groups is 1. The van der Waals surface area contributed by atoms with Gasteiger partial charge in [-0.3, -0.25) is 4.79 Å². The van der Waals surface area contributed by atoms with Crippen molar-refractivity contribution < 1.29 is 4.79 Å². The Balaban J connectivity index is 2.03. The lowest BCUT2D eigenvalue weighted by atomic mass is 10.4. The molecule has 1 aliphatic heterocycles. The van der Waals surface area contributed by atoms with E-state index in [0.29, 0.717) is 6.54 Å². The van der Waals surface area contributed by atoms with E-state index in [0.717, 1.165) is 25.4 Å². The first-order valence-corrected chi connectivity index (χ1v) is 6.21. The number of carbonyl (C=O) groups excluding carboxylic acids is 1. The molecule has 13 heavy (non-hydrogen) atoms. The maximum Gasteiger partial charge on any atom is 0.236 e. The molecule has 4 heteroatoms. The van der Waals surface area contributed by atoms with E-state index in [1.165, 1.54) is 12.8 Å². The largest absolute Gasteiger partial charge is 0.342 e. The highest BCUT2D eigenvalue weighted by molar-refractivity contribution is 7.98.